The molecule has 4 rings (SSSR count). The topological polar surface area (TPSA) is 38.8 Å². The molecule has 0 unspecified atom stereocenters. The van der Waals surface area contributed by atoms with Crippen molar-refractivity contribution in [3.63, 3.8) is 0 Å². The Morgan fingerprint density at radius 2 is 2.00 bits per heavy atom. The Morgan fingerprint density at radius 3 is 2.76 bits per heavy atom. The lowest BCUT2D eigenvalue weighted by molar-refractivity contribution is -0.113. The summed E-state index contributed by atoms with van der Waals surface area (Å²) in [6.45, 7) is 0.136. The standard InChI is InChI=1S/C17H9ClFNO3S2/c18-12-7-14-13(22-8-23-14)4-9(12)5-15-16(21)20(17(24)25-15)11-3-1-2-10(19)6-11/h1-7H,8H2/b15-5+. The number of anilines is 1. The van der Waals surface area contributed by atoms with E-state index in [0.717, 1.165) is 11.8 Å². The number of carbonyl (C=O) groups excluding carboxylic acids is 1. The Balaban J connectivity index is 1.69. The first-order chi connectivity index (χ1) is 12.0. The molecule has 2 aromatic carbocycles. The van der Waals surface area contributed by atoms with Crippen LogP contribution in [0.15, 0.2) is 41.3 Å². The summed E-state index contributed by atoms with van der Waals surface area (Å²) in [6.07, 6.45) is 1.64. The van der Waals surface area contributed by atoms with E-state index in [0.29, 0.717) is 37.0 Å². The smallest absolute Gasteiger partial charge is 0.270 e. The zero-order chi connectivity index (χ0) is 17.6. The van der Waals surface area contributed by atoms with E-state index in [9.17, 15) is 9.18 Å². The Labute approximate surface area is 157 Å². The number of amides is 1. The molecule has 1 fully saturated rings. The average molecular weight is 394 g/mol. The molecule has 4 nitrogen and oxygen atoms in total. The highest BCUT2D eigenvalue weighted by Crippen LogP contribution is 2.40. The van der Waals surface area contributed by atoms with Crippen LogP contribution >= 0.6 is 35.6 Å². The number of halogens is 2. The first-order valence-electron chi connectivity index (χ1n) is 7.15. The molecule has 0 bridgehead atoms. The summed E-state index contributed by atoms with van der Waals surface area (Å²) in [4.78, 5) is 14.4. The molecule has 0 N–H and O–H groups in total. The minimum Gasteiger partial charge on any atom is -0.454 e. The van der Waals surface area contributed by atoms with E-state index in [1.54, 1.807) is 24.3 Å². The van der Waals surface area contributed by atoms with Gasteiger partial charge < -0.3 is 9.47 Å². The molecule has 25 heavy (non-hydrogen) atoms. The fraction of sp³-hybridized carbons (Fsp3) is 0.0588. The van der Waals surface area contributed by atoms with Crippen LogP contribution in [0.2, 0.25) is 5.02 Å². The van der Waals surface area contributed by atoms with Gasteiger partial charge in [-0.25, -0.2) is 4.39 Å². The van der Waals surface area contributed by atoms with Crippen LogP contribution in [0.5, 0.6) is 11.5 Å². The summed E-state index contributed by atoms with van der Waals surface area (Å²) in [5.41, 5.74) is 1.01. The number of nitrogens with zero attached hydrogens (tertiary/aromatic N) is 1. The van der Waals surface area contributed by atoms with Gasteiger partial charge in [-0.2, -0.15) is 0 Å². The van der Waals surface area contributed by atoms with Crippen molar-refractivity contribution in [3.05, 3.63) is 57.7 Å². The van der Waals surface area contributed by atoms with E-state index in [4.69, 9.17) is 33.3 Å². The van der Waals surface area contributed by atoms with Crippen molar-refractivity contribution < 1.29 is 18.7 Å². The number of fused-ring (bicyclic) bond motifs is 1. The van der Waals surface area contributed by atoms with Gasteiger partial charge in [0.2, 0.25) is 6.79 Å². The van der Waals surface area contributed by atoms with E-state index >= 15 is 0 Å². The minimum absolute atomic E-state index is 0.136. The van der Waals surface area contributed by atoms with Crippen molar-refractivity contribution in [1.82, 2.24) is 0 Å². The Hall–Kier alpha value is -2.09. The summed E-state index contributed by atoms with van der Waals surface area (Å²) in [6, 6.07) is 9.08. The second-order valence-corrected chi connectivity index (χ2v) is 7.31. The SMILES string of the molecule is O=C1/C(=C\c2cc3c(cc2Cl)OCO3)SC(=S)N1c1cccc(F)c1. The molecule has 0 saturated carbocycles. The van der Waals surface area contributed by atoms with Crippen LogP contribution in [0.4, 0.5) is 10.1 Å². The predicted molar refractivity (Wildman–Crippen MR) is 99.6 cm³/mol. The second-order valence-electron chi connectivity index (χ2n) is 5.22. The molecular formula is C17H9ClFNO3S2. The zero-order valence-corrected chi connectivity index (χ0v) is 14.9. The molecule has 0 aromatic heterocycles. The van der Waals surface area contributed by atoms with Gasteiger partial charge in [0.05, 0.1) is 15.6 Å². The largest absolute Gasteiger partial charge is 0.454 e. The molecule has 1 saturated heterocycles. The van der Waals surface area contributed by atoms with E-state index in [1.165, 1.54) is 23.1 Å². The van der Waals surface area contributed by atoms with Crippen molar-refractivity contribution in [2.45, 2.75) is 0 Å². The van der Waals surface area contributed by atoms with E-state index in [2.05, 4.69) is 0 Å². The Morgan fingerprint density at radius 1 is 1.24 bits per heavy atom. The molecule has 0 atom stereocenters. The molecule has 0 aliphatic carbocycles. The number of thioether (sulfide) groups is 1. The summed E-state index contributed by atoms with van der Waals surface area (Å²) < 4.78 is 24.4. The number of rotatable bonds is 2. The summed E-state index contributed by atoms with van der Waals surface area (Å²) >= 11 is 12.7. The Kier molecular flexibility index (Phi) is 4.15. The van der Waals surface area contributed by atoms with Gasteiger partial charge in [0.15, 0.2) is 15.8 Å². The second kappa shape index (κ2) is 6.33. The van der Waals surface area contributed by atoms with Gasteiger partial charge in [0.1, 0.15) is 5.82 Å². The number of hydrogen-bond acceptors (Lipinski definition) is 5. The van der Waals surface area contributed by atoms with Crippen LogP contribution < -0.4 is 14.4 Å². The predicted octanol–water partition coefficient (Wildman–Crippen LogP) is 4.61. The molecule has 0 spiro atoms. The first kappa shape index (κ1) is 16.4. The summed E-state index contributed by atoms with van der Waals surface area (Å²) in [5.74, 6) is 0.370. The normalized spacial score (nSPS) is 17.7. The van der Waals surface area contributed by atoms with Gasteiger partial charge in [0.25, 0.3) is 5.91 Å². The third-order valence-electron chi connectivity index (χ3n) is 3.64. The highest BCUT2D eigenvalue weighted by Gasteiger charge is 2.33. The van der Waals surface area contributed by atoms with Gasteiger partial charge in [-0.1, -0.05) is 41.6 Å². The average Bonchev–Trinajstić information content (AvgIpc) is 3.12. The number of ether oxygens (including phenoxy) is 2. The molecule has 8 heteroatoms. The lowest BCUT2D eigenvalue weighted by Crippen LogP contribution is -2.27. The van der Waals surface area contributed by atoms with Gasteiger partial charge in [-0.3, -0.25) is 9.69 Å². The van der Waals surface area contributed by atoms with Crippen LogP contribution in [-0.4, -0.2) is 17.0 Å². The van der Waals surface area contributed by atoms with Crippen molar-refractivity contribution in [2.24, 2.45) is 0 Å². The zero-order valence-electron chi connectivity index (χ0n) is 12.5. The number of carbonyl (C=O) groups is 1. The number of thiocarbonyl (C=S) groups is 1. The van der Waals surface area contributed by atoms with Crippen molar-refractivity contribution in [1.29, 1.82) is 0 Å². The molecule has 0 radical (unpaired) electrons. The quantitative estimate of drug-likeness (QED) is 0.550. The van der Waals surface area contributed by atoms with Crippen LogP contribution in [0.1, 0.15) is 5.56 Å². The summed E-state index contributed by atoms with van der Waals surface area (Å²) in [5, 5.41) is 0.431. The number of benzene rings is 2. The van der Waals surface area contributed by atoms with E-state index in [1.807, 2.05) is 0 Å². The van der Waals surface area contributed by atoms with Crippen LogP contribution in [-0.2, 0) is 4.79 Å². The van der Waals surface area contributed by atoms with Gasteiger partial charge in [-0.05, 0) is 35.9 Å². The maximum atomic E-state index is 13.5. The van der Waals surface area contributed by atoms with Crippen molar-refractivity contribution in [2.75, 3.05) is 11.7 Å². The third kappa shape index (κ3) is 2.99. The lowest BCUT2D eigenvalue weighted by Gasteiger charge is -2.14. The molecule has 1 amide bonds. The molecule has 2 aromatic rings. The maximum Gasteiger partial charge on any atom is 0.270 e. The molecule has 126 valence electrons. The Bertz CT molecular complexity index is 947. The van der Waals surface area contributed by atoms with Crippen molar-refractivity contribution >= 4 is 57.6 Å². The molecular weight excluding hydrogens is 385 g/mol. The summed E-state index contributed by atoms with van der Waals surface area (Å²) in [7, 11) is 0. The van der Waals surface area contributed by atoms with Gasteiger partial charge >= 0.3 is 0 Å². The third-order valence-corrected chi connectivity index (χ3v) is 5.27. The lowest BCUT2D eigenvalue weighted by atomic mass is 10.1. The highest BCUT2D eigenvalue weighted by molar-refractivity contribution is 8.27. The fourth-order valence-electron chi connectivity index (χ4n) is 2.49. The van der Waals surface area contributed by atoms with Crippen molar-refractivity contribution in [3.8, 4) is 11.5 Å². The van der Waals surface area contributed by atoms with Gasteiger partial charge in [-0.15, -0.1) is 0 Å². The maximum absolute atomic E-state index is 13.5. The van der Waals surface area contributed by atoms with Crippen LogP contribution in [0.3, 0.4) is 0 Å². The van der Waals surface area contributed by atoms with Gasteiger partial charge in [0, 0.05) is 6.07 Å². The first-order valence-corrected chi connectivity index (χ1v) is 8.76. The van der Waals surface area contributed by atoms with E-state index in [-0.39, 0.29) is 12.7 Å². The molecule has 2 heterocycles. The molecule has 2 aliphatic heterocycles. The molecule has 2 aliphatic rings. The van der Waals surface area contributed by atoms with E-state index < -0.39 is 5.82 Å². The van der Waals surface area contributed by atoms with Crippen LogP contribution in [0.25, 0.3) is 6.08 Å². The highest BCUT2D eigenvalue weighted by atomic mass is 35.5. The van der Waals surface area contributed by atoms with Crippen LogP contribution in [0, 0.1) is 5.82 Å². The minimum atomic E-state index is -0.436. The fourth-order valence-corrected chi connectivity index (χ4v) is 3.99. The monoisotopic (exact) mass is 393 g/mol. The number of hydrogen-bond donors (Lipinski definition) is 0.